The molecule has 0 spiro atoms. The van der Waals surface area contributed by atoms with E-state index in [2.05, 4.69) is 24.1 Å². The van der Waals surface area contributed by atoms with Gasteiger partial charge in [0.1, 0.15) is 0 Å². The zero-order valence-corrected chi connectivity index (χ0v) is 15.3. The molecule has 3 rings (SSSR count). The summed E-state index contributed by atoms with van der Waals surface area (Å²) in [6, 6.07) is 11.5. The summed E-state index contributed by atoms with van der Waals surface area (Å²) in [5.74, 6) is 0.419. The Labute approximate surface area is 154 Å². The van der Waals surface area contributed by atoms with Crippen LogP contribution in [-0.4, -0.2) is 40.8 Å². The predicted octanol–water partition coefficient (Wildman–Crippen LogP) is 3.24. The Morgan fingerprint density at radius 3 is 2.35 bits per heavy atom. The molecule has 1 aromatic carbocycles. The predicted molar refractivity (Wildman–Crippen MR) is 101 cm³/mol. The monoisotopic (exact) mass is 351 g/mol. The smallest absolute Gasteiger partial charge is 0.253 e. The van der Waals surface area contributed by atoms with Gasteiger partial charge in [-0.2, -0.15) is 0 Å². The van der Waals surface area contributed by atoms with E-state index in [0.717, 1.165) is 18.4 Å². The second-order valence-corrected chi connectivity index (χ2v) is 7.06. The average Bonchev–Trinajstić information content (AvgIpc) is 2.69. The molecule has 1 saturated heterocycles. The third-order valence-corrected chi connectivity index (χ3v) is 4.87. The van der Waals surface area contributed by atoms with Crippen molar-refractivity contribution in [2.45, 2.75) is 38.6 Å². The average molecular weight is 351 g/mol. The van der Waals surface area contributed by atoms with Crippen LogP contribution >= 0.6 is 0 Å². The van der Waals surface area contributed by atoms with E-state index in [9.17, 15) is 9.59 Å². The number of likely N-dealkylation sites (tertiary alicyclic amines) is 1. The lowest BCUT2D eigenvalue weighted by Crippen LogP contribution is -2.46. The second kappa shape index (κ2) is 8.13. The molecule has 5 heteroatoms. The zero-order chi connectivity index (χ0) is 18.5. The third kappa shape index (κ3) is 4.28. The van der Waals surface area contributed by atoms with E-state index in [1.54, 1.807) is 24.5 Å². The highest BCUT2D eigenvalue weighted by Crippen LogP contribution is 2.18. The van der Waals surface area contributed by atoms with Gasteiger partial charge in [-0.05, 0) is 48.6 Å². The van der Waals surface area contributed by atoms with Crippen molar-refractivity contribution in [2.75, 3.05) is 13.1 Å². The first-order chi connectivity index (χ1) is 12.5. The van der Waals surface area contributed by atoms with Crippen LogP contribution in [0.15, 0.2) is 48.8 Å². The summed E-state index contributed by atoms with van der Waals surface area (Å²) in [5, 5.41) is 3.04. The molecule has 2 heterocycles. The molecule has 1 fully saturated rings. The number of rotatable bonds is 4. The van der Waals surface area contributed by atoms with Gasteiger partial charge < -0.3 is 10.2 Å². The zero-order valence-electron chi connectivity index (χ0n) is 15.3. The van der Waals surface area contributed by atoms with Gasteiger partial charge in [0.15, 0.2) is 0 Å². The molecule has 0 saturated carbocycles. The summed E-state index contributed by atoms with van der Waals surface area (Å²) in [7, 11) is 0. The van der Waals surface area contributed by atoms with Crippen LogP contribution in [0.2, 0.25) is 0 Å². The Hall–Kier alpha value is -2.69. The molecule has 0 atom stereocenters. The number of pyridine rings is 1. The highest BCUT2D eigenvalue weighted by molar-refractivity contribution is 5.95. The highest BCUT2D eigenvalue weighted by atomic mass is 16.2. The number of carbonyl (C=O) groups excluding carboxylic acids is 2. The van der Waals surface area contributed by atoms with Gasteiger partial charge in [0.25, 0.3) is 11.8 Å². The number of amides is 2. The number of hydrogen-bond acceptors (Lipinski definition) is 3. The number of carbonyl (C=O) groups is 2. The topological polar surface area (TPSA) is 62.3 Å². The number of aromatic nitrogens is 1. The van der Waals surface area contributed by atoms with E-state index >= 15 is 0 Å². The standard InChI is InChI=1S/C21H25N3O2/c1-15(2)16-5-7-17(8-6-16)21(26)24-12-9-19(10-13-24)23-20(25)18-4-3-11-22-14-18/h3-8,11,14-15,19H,9-10,12-13H2,1-2H3,(H,23,25). The summed E-state index contributed by atoms with van der Waals surface area (Å²) in [6.45, 7) is 5.59. The first-order valence-corrected chi connectivity index (χ1v) is 9.14. The molecule has 5 nitrogen and oxygen atoms in total. The number of hydrogen-bond donors (Lipinski definition) is 1. The fourth-order valence-electron chi connectivity index (χ4n) is 3.19. The molecule has 0 unspecified atom stereocenters. The van der Waals surface area contributed by atoms with Crippen molar-refractivity contribution < 1.29 is 9.59 Å². The van der Waals surface area contributed by atoms with Gasteiger partial charge in [0, 0.05) is 37.1 Å². The van der Waals surface area contributed by atoms with Crippen molar-refractivity contribution in [3.05, 3.63) is 65.5 Å². The molecule has 0 aliphatic carbocycles. The molecule has 0 bridgehead atoms. The van der Waals surface area contributed by atoms with Gasteiger partial charge in [0.05, 0.1) is 5.56 Å². The fraction of sp³-hybridized carbons (Fsp3) is 0.381. The van der Waals surface area contributed by atoms with E-state index in [4.69, 9.17) is 0 Å². The Morgan fingerprint density at radius 2 is 1.77 bits per heavy atom. The molecular weight excluding hydrogens is 326 g/mol. The van der Waals surface area contributed by atoms with Crippen LogP contribution in [0.4, 0.5) is 0 Å². The summed E-state index contributed by atoms with van der Waals surface area (Å²) in [4.78, 5) is 30.7. The van der Waals surface area contributed by atoms with Crippen LogP contribution in [0.1, 0.15) is 58.9 Å². The maximum absolute atomic E-state index is 12.7. The van der Waals surface area contributed by atoms with Crippen LogP contribution < -0.4 is 5.32 Å². The first-order valence-electron chi connectivity index (χ1n) is 9.14. The minimum Gasteiger partial charge on any atom is -0.349 e. The number of nitrogens with zero attached hydrogens (tertiary/aromatic N) is 2. The van der Waals surface area contributed by atoms with Crippen molar-refractivity contribution in [2.24, 2.45) is 0 Å². The molecule has 2 aromatic rings. The molecule has 136 valence electrons. The Morgan fingerprint density at radius 1 is 1.08 bits per heavy atom. The quantitative estimate of drug-likeness (QED) is 0.920. The molecule has 1 aliphatic heterocycles. The van der Waals surface area contributed by atoms with Crippen LogP contribution in [0.3, 0.4) is 0 Å². The van der Waals surface area contributed by atoms with Crippen molar-refractivity contribution >= 4 is 11.8 Å². The molecule has 2 amide bonds. The molecule has 1 N–H and O–H groups in total. The second-order valence-electron chi connectivity index (χ2n) is 7.06. The van der Waals surface area contributed by atoms with Gasteiger partial charge in [-0.25, -0.2) is 0 Å². The SMILES string of the molecule is CC(C)c1ccc(C(=O)N2CCC(NC(=O)c3cccnc3)CC2)cc1. The van der Waals surface area contributed by atoms with Gasteiger partial charge in [-0.15, -0.1) is 0 Å². The van der Waals surface area contributed by atoms with E-state index in [1.807, 2.05) is 29.2 Å². The summed E-state index contributed by atoms with van der Waals surface area (Å²) >= 11 is 0. The molecular formula is C21H25N3O2. The van der Waals surface area contributed by atoms with E-state index in [-0.39, 0.29) is 17.9 Å². The minimum absolute atomic E-state index is 0.0670. The molecule has 1 aromatic heterocycles. The molecule has 1 aliphatic rings. The lowest BCUT2D eigenvalue weighted by molar-refractivity contribution is 0.0698. The fourth-order valence-corrected chi connectivity index (χ4v) is 3.19. The lowest BCUT2D eigenvalue weighted by Gasteiger charge is -2.32. The van der Waals surface area contributed by atoms with E-state index in [1.165, 1.54) is 5.56 Å². The number of benzene rings is 1. The maximum Gasteiger partial charge on any atom is 0.253 e. The normalized spacial score (nSPS) is 15.1. The molecule has 0 radical (unpaired) electrons. The highest BCUT2D eigenvalue weighted by Gasteiger charge is 2.25. The maximum atomic E-state index is 12.7. The minimum atomic E-state index is -0.104. The van der Waals surface area contributed by atoms with E-state index < -0.39 is 0 Å². The summed E-state index contributed by atoms with van der Waals surface area (Å²) < 4.78 is 0. The number of piperidine rings is 1. The van der Waals surface area contributed by atoms with Gasteiger partial charge in [-0.1, -0.05) is 26.0 Å². The van der Waals surface area contributed by atoms with E-state index in [0.29, 0.717) is 24.6 Å². The summed E-state index contributed by atoms with van der Waals surface area (Å²) in [5.41, 5.74) is 2.53. The first kappa shape index (κ1) is 18.1. The number of nitrogens with one attached hydrogen (secondary N) is 1. The van der Waals surface area contributed by atoms with Crippen LogP contribution in [0, 0.1) is 0 Å². The largest absolute Gasteiger partial charge is 0.349 e. The molecule has 26 heavy (non-hydrogen) atoms. The Balaban J connectivity index is 1.53. The summed E-state index contributed by atoms with van der Waals surface area (Å²) in [6.07, 6.45) is 4.74. The van der Waals surface area contributed by atoms with Crippen molar-refractivity contribution in [3.63, 3.8) is 0 Å². The van der Waals surface area contributed by atoms with Gasteiger partial charge in [0.2, 0.25) is 0 Å². The third-order valence-electron chi connectivity index (χ3n) is 4.87. The van der Waals surface area contributed by atoms with Crippen molar-refractivity contribution in [1.82, 2.24) is 15.2 Å². The Kier molecular flexibility index (Phi) is 5.66. The van der Waals surface area contributed by atoms with Gasteiger partial charge in [-0.3, -0.25) is 14.6 Å². The van der Waals surface area contributed by atoms with Crippen molar-refractivity contribution in [3.8, 4) is 0 Å². The lowest BCUT2D eigenvalue weighted by atomic mass is 10.00. The van der Waals surface area contributed by atoms with Gasteiger partial charge >= 0.3 is 0 Å². The van der Waals surface area contributed by atoms with Crippen molar-refractivity contribution in [1.29, 1.82) is 0 Å². The van der Waals surface area contributed by atoms with Crippen LogP contribution in [0.25, 0.3) is 0 Å². The van der Waals surface area contributed by atoms with Crippen LogP contribution in [-0.2, 0) is 0 Å². The van der Waals surface area contributed by atoms with Crippen LogP contribution in [0.5, 0.6) is 0 Å². The Bertz CT molecular complexity index is 749.